The van der Waals surface area contributed by atoms with Crippen molar-refractivity contribution in [2.24, 2.45) is 0 Å². The fraction of sp³-hybridized carbons (Fsp3) is 0.250. The molecule has 0 aromatic heterocycles. The maximum Gasteiger partial charge on any atom is 0.231 e. The third kappa shape index (κ3) is 5.85. The van der Waals surface area contributed by atoms with E-state index < -0.39 is 51.8 Å². The molecule has 3 aromatic rings. The quantitative estimate of drug-likeness (QED) is 0.152. The highest BCUT2D eigenvalue weighted by molar-refractivity contribution is 6.15. The third-order valence-electron chi connectivity index (χ3n) is 7.21. The molecule has 1 fully saturated rings. The van der Waals surface area contributed by atoms with Crippen LogP contribution in [0.3, 0.4) is 0 Å². The molecule has 0 radical (unpaired) electrons. The average molecular weight is 565 g/mol. The minimum absolute atomic E-state index is 0.152. The zero-order valence-electron chi connectivity index (χ0n) is 22.6. The van der Waals surface area contributed by atoms with Crippen molar-refractivity contribution >= 4 is 23.1 Å². The van der Waals surface area contributed by atoms with Gasteiger partial charge in [-0.1, -0.05) is 55.7 Å². The van der Waals surface area contributed by atoms with Crippen LogP contribution in [0.2, 0.25) is 0 Å². The van der Waals surface area contributed by atoms with Crippen molar-refractivity contribution in [1.29, 1.82) is 0 Å². The van der Waals surface area contributed by atoms with Crippen LogP contribution in [0.1, 0.15) is 69.5 Å². The van der Waals surface area contributed by atoms with Gasteiger partial charge in [-0.3, -0.25) is 9.59 Å². The van der Waals surface area contributed by atoms with Gasteiger partial charge in [0, 0.05) is 11.1 Å². The number of rotatable bonds is 9. The van der Waals surface area contributed by atoms with E-state index >= 15 is 0 Å². The van der Waals surface area contributed by atoms with Crippen LogP contribution in [0.5, 0.6) is 0 Å². The number of ketones is 2. The second-order valence-corrected chi connectivity index (χ2v) is 9.73. The Morgan fingerprint density at radius 1 is 0.707 bits per heavy atom. The van der Waals surface area contributed by atoms with E-state index in [1.807, 2.05) is 0 Å². The van der Waals surface area contributed by atoms with Gasteiger partial charge >= 0.3 is 0 Å². The molecule has 0 amide bonds. The highest BCUT2D eigenvalue weighted by atomic mass is 19.1. The fourth-order valence-corrected chi connectivity index (χ4v) is 5.11. The Morgan fingerprint density at radius 3 is 1.68 bits per heavy atom. The highest BCUT2D eigenvalue weighted by Crippen LogP contribution is 2.40. The van der Waals surface area contributed by atoms with Crippen molar-refractivity contribution in [2.75, 3.05) is 14.2 Å². The molecule has 3 N–H and O–H groups in total. The van der Waals surface area contributed by atoms with Crippen molar-refractivity contribution in [3.63, 3.8) is 0 Å². The molecule has 1 aliphatic rings. The molecule has 4 rings (SSSR count). The smallest absolute Gasteiger partial charge is 0.231 e. The van der Waals surface area contributed by atoms with Crippen LogP contribution >= 0.6 is 0 Å². The lowest BCUT2D eigenvalue weighted by Crippen LogP contribution is -2.31. The summed E-state index contributed by atoms with van der Waals surface area (Å²) in [5.74, 6) is -6.20. The maximum atomic E-state index is 14.5. The van der Waals surface area contributed by atoms with Crippen LogP contribution in [0, 0.1) is 11.6 Å². The molecule has 3 aromatic carbocycles. The lowest BCUT2D eigenvalue weighted by Gasteiger charge is -2.34. The van der Waals surface area contributed by atoms with E-state index in [9.17, 15) is 33.7 Å². The predicted molar refractivity (Wildman–Crippen MR) is 148 cm³/mol. The number of Topliss-reactive ketones (excluding diaryl/α,β-unsaturated/α-hetero) is 2. The SMILES string of the molecule is COC(=C(O)C(=O)c1ccc(C2(O)CCCCC2)c(C(=O)C(O)=C(OC)c2ccccc2F)c1)c1ccccc1F. The van der Waals surface area contributed by atoms with Crippen molar-refractivity contribution in [3.8, 4) is 0 Å². The molecule has 41 heavy (non-hydrogen) atoms. The number of halogens is 2. The van der Waals surface area contributed by atoms with E-state index in [0.29, 0.717) is 25.7 Å². The average Bonchev–Trinajstić information content (AvgIpc) is 2.99. The number of allylic oxidation sites excluding steroid dienone is 2. The molecule has 0 bridgehead atoms. The summed E-state index contributed by atoms with van der Waals surface area (Å²) in [7, 11) is 2.33. The van der Waals surface area contributed by atoms with E-state index in [-0.39, 0.29) is 27.8 Å². The number of hydrogen-bond acceptors (Lipinski definition) is 7. The number of ether oxygens (including phenoxy) is 2. The summed E-state index contributed by atoms with van der Waals surface area (Å²) in [5, 5.41) is 33.3. The minimum Gasteiger partial charge on any atom is -0.502 e. The number of carbonyl (C=O) groups is 2. The van der Waals surface area contributed by atoms with E-state index in [4.69, 9.17) is 9.47 Å². The van der Waals surface area contributed by atoms with Gasteiger partial charge in [-0.05, 0) is 48.7 Å². The Hall–Kier alpha value is -4.50. The lowest BCUT2D eigenvalue weighted by atomic mass is 9.76. The first-order valence-electron chi connectivity index (χ1n) is 13.0. The third-order valence-corrected chi connectivity index (χ3v) is 7.21. The number of methoxy groups -OCH3 is 2. The highest BCUT2D eigenvalue weighted by Gasteiger charge is 2.36. The van der Waals surface area contributed by atoms with Gasteiger partial charge in [-0.2, -0.15) is 0 Å². The van der Waals surface area contributed by atoms with E-state index in [1.54, 1.807) is 0 Å². The number of carbonyl (C=O) groups excluding carboxylic acids is 2. The standard InChI is InChI=1S/C32H30F2O7/c1-40-30(20-10-4-6-12-24(20)33)28(37)26(35)19-14-15-23(32(39)16-8-3-9-17-32)22(18-19)27(36)29(38)31(41-2)21-11-5-7-13-25(21)34/h4-7,10-15,18,37-39H,3,8-9,16-17H2,1-2H3. The van der Waals surface area contributed by atoms with E-state index in [2.05, 4.69) is 0 Å². The molecule has 214 valence electrons. The molecule has 0 saturated heterocycles. The predicted octanol–water partition coefficient (Wildman–Crippen LogP) is 6.63. The fourth-order valence-electron chi connectivity index (χ4n) is 5.11. The van der Waals surface area contributed by atoms with Crippen molar-refractivity contribution in [3.05, 3.63) is 118 Å². The molecule has 0 atom stereocenters. The van der Waals surface area contributed by atoms with E-state index in [1.165, 1.54) is 62.8 Å². The number of aliphatic hydroxyl groups is 3. The normalized spacial score (nSPS) is 15.8. The van der Waals surface area contributed by atoms with Crippen molar-refractivity contribution in [2.45, 2.75) is 37.7 Å². The van der Waals surface area contributed by atoms with Crippen LogP contribution in [-0.2, 0) is 15.1 Å². The van der Waals surface area contributed by atoms with Gasteiger partial charge in [0.2, 0.25) is 23.1 Å². The molecule has 1 saturated carbocycles. The van der Waals surface area contributed by atoms with Gasteiger partial charge in [-0.25, -0.2) is 8.78 Å². The minimum atomic E-state index is -1.43. The Labute approximate surface area is 236 Å². The summed E-state index contributed by atoms with van der Waals surface area (Å²) >= 11 is 0. The second kappa shape index (κ2) is 12.3. The Kier molecular flexibility index (Phi) is 8.88. The van der Waals surface area contributed by atoms with Crippen LogP contribution in [0.25, 0.3) is 11.5 Å². The first-order valence-corrected chi connectivity index (χ1v) is 13.0. The van der Waals surface area contributed by atoms with E-state index in [0.717, 1.165) is 24.6 Å². The second-order valence-electron chi connectivity index (χ2n) is 9.73. The Balaban J connectivity index is 1.88. The molecule has 9 heteroatoms. The summed E-state index contributed by atoms with van der Waals surface area (Å²) in [4.78, 5) is 27.1. The Morgan fingerprint density at radius 2 is 1.20 bits per heavy atom. The first kappa shape index (κ1) is 29.5. The zero-order valence-corrected chi connectivity index (χ0v) is 22.6. The van der Waals surface area contributed by atoms with Gasteiger partial charge < -0.3 is 24.8 Å². The molecular formula is C32H30F2O7. The number of benzene rings is 3. The van der Waals surface area contributed by atoms with Gasteiger partial charge in [0.1, 0.15) is 11.6 Å². The monoisotopic (exact) mass is 564 g/mol. The van der Waals surface area contributed by atoms with Gasteiger partial charge in [-0.15, -0.1) is 0 Å². The molecule has 7 nitrogen and oxygen atoms in total. The van der Waals surface area contributed by atoms with Gasteiger partial charge in [0.25, 0.3) is 0 Å². The Bertz CT molecular complexity index is 1530. The van der Waals surface area contributed by atoms with Crippen molar-refractivity contribution < 1.29 is 43.2 Å². The summed E-state index contributed by atoms with van der Waals surface area (Å²) < 4.78 is 39.3. The zero-order chi connectivity index (χ0) is 29.7. The summed E-state index contributed by atoms with van der Waals surface area (Å²) in [6.45, 7) is 0. The largest absolute Gasteiger partial charge is 0.502 e. The van der Waals surface area contributed by atoms with Crippen LogP contribution in [-0.4, -0.2) is 41.1 Å². The summed E-state index contributed by atoms with van der Waals surface area (Å²) in [5.41, 5.74) is -2.02. The van der Waals surface area contributed by atoms with Crippen LogP contribution in [0.4, 0.5) is 8.78 Å². The first-order chi connectivity index (χ1) is 19.6. The maximum absolute atomic E-state index is 14.5. The van der Waals surface area contributed by atoms with Crippen LogP contribution < -0.4 is 0 Å². The molecule has 1 aliphatic carbocycles. The molecule has 0 aliphatic heterocycles. The van der Waals surface area contributed by atoms with Crippen molar-refractivity contribution in [1.82, 2.24) is 0 Å². The van der Waals surface area contributed by atoms with Gasteiger partial charge in [0.05, 0.1) is 30.9 Å². The molecular weight excluding hydrogens is 534 g/mol. The number of aliphatic hydroxyl groups excluding tert-OH is 2. The molecule has 0 unspecified atom stereocenters. The van der Waals surface area contributed by atoms with Gasteiger partial charge in [0.15, 0.2) is 11.5 Å². The number of hydrogen-bond donors (Lipinski definition) is 3. The lowest BCUT2D eigenvalue weighted by molar-refractivity contribution is -0.00135. The topological polar surface area (TPSA) is 113 Å². The molecule has 0 heterocycles. The summed E-state index contributed by atoms with van der Waals surface area (Å²) in [6.07, 6.45) is 2.94. The summed E-state index contributed by atoms with van der Waals surface area (Å²) in [6, 6.07) is 14.6. The van der Waals surface area contributed by atoms with Crippen LogP contribution in [0.15, 0.2) is 78.2 Å². The molecule has 0 spiro atoms.